The summed E-state index contributed by atoms with van der Waals surface area (Å²) in [6.07, 6.45) is 5.01. The van der Waals surface area contributed by atoms with Crippen LogP contribution in [0.2, 0.25) is 5.02 Å². The molecule has 34 heavy (non-hydrogen) atoms. The molecule has 0 unspecified atom stereocenters. The van der Waals surface area contributed by atoms with Crippen molar-refractivity contribution in [3.63, 3.8) is 0 Å². The number of hydrogen-bond donors (Lipinski definition) is 0. The molecule has 0 aliphatic carbocycles. The fraction of sp³-hybridized carbons (Fsp3) is 0.522. The summed E-state index contributed by atoms with van der Waals surface area (Å²) in [7, 11) is -3.43. The molecule has 3 aliphatic rings. The second kappa shape index (κ2) is 8.44. The van der Waals surface area contributed by atoms with E-state index in [2.05, 4.69) is 14.9 Å². The van der Waals surface area contributed by atoms with Gasteiger partial charge in [-0.3, -0.25) is 9.69 Å². The maximum absolute atomic E-state index is 13.4. The fourth-order valence-electron chi connectivity index (χ4n) is 4.88. The van der Waals surface area contributed by atoms with Crippen LogP contribution in [0.3, 0.4) is 0 Å². The Morgan fingerprint density at radius 1 is 1.24 bits per heavy atom. The lowest BCUT2D eigenvalue weighted by Crippen LogP contribution is -2.53. The van der Waals surface area contributed by atoms with Gasteiger partial charge >= 0.3 is 0 Å². The Hall–Kier alpha value is -2.27. The van der Waals surface area contributed by atoms with Crippen LogP contribution in [0, 0.1) is 0 Å². The molecule has 4 heterocycles. The number of carbonyl (C=O) groups excluding carboxylic acids is 1. The summed E-state index contributed by atoms with van der Waals surface area (Å²) >= 11 is 6.22. The summed E-state index contributed by atoms with van der Waals surface area (Å²) in [4.78, 5) is 24.9. The minimum atomic E-state index is -3.43. The summed E-state index contributed by atoms with van der Waals surface area (Å²) in [6, 6.07) is 4.93. The number of hydrogen-bond acceptors (Lipinski definition) is 8. The van der Waals surface area contributed by atoms with Crippen LogP contribution in [-0.2, 0) is 29.5 Å². The van der Waals surface area contributed by atoms with E-state index in [1.165, 1.54) is 12.4 Å². The number of ether oxygens (including phenoxy) is 2. The number of likely N-dealkylation sites (tertiary alicyclic amines) is 1. The Morgan fingerprint density at radius 2 is 1.94 bits per heavy atom. The molecule has 9 nitrogen and oxygen atoms in total. The van der Waals surface area contributed by atoms with Crippen LogP contribution >= 0.6 is 11.6 Å². The molecule has 1 spiro atoms. The number of benzene rings is 1. The Labute approximate surface area is 208 Å². The van der Waals surface area contributed by atoms with Crippen molar-refractivity contribution < 1.29 is 26.8 Å². The Morgan fingerprint density at radius 3 is 2.53 bits per heavy atom. The van der Waals surface area contributed by atoms with Gasteiger partial charge in [0.1, 0.15) is 6.61 Å². The van der Waals surface area contributed by atoms with Gasteiger partial charge in [0, 0.05) is 34.6 Å². The van der Waals surface area contributed by atoms with Crippen LogP contribution in [-0.4, -0.2) is 81.9 Å². The number of piperidine rings is 1. The van der Waals surface area contributed by atoms with E-state index in [0.29, 0.717) is 61.1 Å². The lowest BCUT2D eigenvalue weighted by molar-refractivity contribution is -0.124. The van der Waals surface area contributed by atoms with E-state index in [1.54, 1.807) is 18.2 Å². The molecule has 3 aliphatic heterocycles. The van der Waals surface area contributed by atoms with Crippen LogP contribution < -0.4 is 9.64 Å². The second-order valence-electron chi connectivity index (χ2n) is 9.08. The molecule has 0 bridgehead atoms. The van der Waals surface area contributed by atoms with Crippen molar-refractivity contribution >= 4 is 33.0 Å². The van der Waals surface area contributed by atoms with Gasteiger partial charge in [0.25, 0.3) is 0 Å². The van der Waals surface area contributed by atoms with E-state index in [9.17, 15) is 13.2 Å². The van der Waals surface area contributed by atoms with E-state index in [1.807, 2.05) is 0 Å². The maximum atomic E-state index is 13.4. The van der Waals surface area contributed by atoms with Gasteiger partial charge in [-0.1, -0.05) is 11.6 Å². The smallest absolute Gasteiger partial charge is 0.237 e. The van der Waals surface area contributed by atoms with Crippen molar-refractivity contribution in [2.24, 2.45) is 0 Å². The highest BCUT2D eigenvalue weighted by atomic mass is 35.5. The van der Waals surface area contributed by atoms with Gasteiger partial charge in [-0.15, -0.1) is 0 Å². The number of likely N-dealkylation sites (N-methyl/N-ethyl adjacent to an activating group) is 1. The van der Waals surface area contributed by atoms with Crippen molar-refractivity contribution in [1.82, 2.24) is 14.9 Å². The third-order valence-corrected chi connectivity index (χ3v) is 9.20. The molecule has 1 aromatic heterocycles. The van der Waals surface area contributed by atoms with Crippen molar-refractivity contribution in [2.75, 3.05) is 57.6 Å². The van der Waals surface area contributed by atoms with E-state index in [-0.39, 0.29) is 19.0 Å². The number of amides is 1. The van der Waals surface area contributed by atoms with Gasteiger partial charge in [0.15, 0.2) is 26.2 Å². The first-order chi connectivity index (χ1) is 17.4. The second-order valence-corrected chi connectivity index (χ2v) is 11.8. The summed E-state index contributed by atoms with van der Waals surface area (Å²) in [6.45, 7) is -0.410. The monoisotopic (exact) mass is 509 g/mol. The lowest BCUT2D eigenvalue weighted by Gasteiger charge is -2.38. The standard InChI is InChI=1S/C23H27ClN4O5S/c1-27-19-4-3-16(24)11-18(19)22(21(27)29)5-7-28(8-6-22)9-10-33-17-12-25-20(26-13-17)23(14-32-15-23)34(2,30)31/h3-4,11-13H,5-10,14-15H2,1-2H3/i1D3. The van der Waals surface area contributed by atoms with Crippen LogP contribution in [0.5, 0.6) is 5.75 Å². The fourth-order valence-corrected chi connectivity index (χ4v) is 6.09. The Balaban J connectivity index is 1.20. The molecule has 0 atom stereocenters. The van der Waals surface area contributed by atoms with E-state index < -0.39 is 32.9 Å². The maximum Gasteiger partial charge on any atom is 0.237 e. The highest BCUT2D eigenvalue weighted by Gasteiger charge is 2.53. The molecule has 0 radical (unpaired) electrons. The number of anilines is 1. The average molecular weight is 510 g/mol. The number of sulfone groups is 1. The first-order valence-corrected chi connectivity index (χ1v) is 13.2. The number of rotatable bonds is 6. The van der Waals surface area contributed by atoms with Gasteiger partial charge in [-0.25, -0.2) is 18.4 Å². The molecule has 0 N–H and O–H groups in total. The summed E-state index contributed by atoms with van der Waals surface area (Å²) in [5, 5.41) is 0.467. The van der Waals surface area contributed by atoms with Gasteiger partial charge in [0.05, 0.1) is 31.0 Å². The van der Waals surface area contributed by atoms with Crippen LogP contribution in [0.4, 0.5) is 5.69 Å². The van der Waals surface area contributed by atoms with Crippen molar-refractivity contribution in [3.05, 3.63) is 47.0 Å². The first-order valence-electron chi connectivity index (χ1n) is 12.5. The highest BCUT2D eigenvalue weighted by molar-refractivity contribution is 7.91. The number of nitrogens with zero attached hydrogens (tertiary/aromatic N) is 4. The predicted molar refractivity (Wildman–Crippen MR) is 127 cm³/mol. The Bertz CT molecular complexity index is 1310. The molecule has 2 fully saturated rings. The topological polar surface area (TPSA) is 102 Å². The van der Waals surface area contributed by atoms with Gasteiger partial charge < -0.3 is 14.4 Å². The first kappa shape index (κ1) is 20.0. The number of halogens is 1. The van der Waals surface area contributed by atoms with Crippen molar-refractivity contribution in [2.45, 2.75) is 23.0 Å². The van der Waals surface area contributed by atoms with Crippen molar-refractivity contribution in [1.29, 1.82) is 0 Å². The summed E-state index contributed by atoms with van der Waals surface area (Å²) in [5.74, 6) is 0.216. The molecular formula is C23H27ClN4O5S. The number of aromatic nitrogens is 2. The van der Waals surface area contributed by atoms with Gasteiger partial charge in [-0.05, 0) is 49.7 Å². The quantitative estimate of drug-likeness (QED) is 0.581. The molecule has 11 heteroatoms. The van der Waals surface area contributed by atoms with Crippen LogP contribution in [0.15, 0.2) is 30.6 Å². The zero-order valence-corrected chi connectivity index (χ0v) is 20.2. The molecule has 1 amide bonds. The SMILES string of the molecule is [2H]C([2H])([2H])N1C(=O)C2(CCN(CCOc3cnc(C4(S(C)(=O)=O)COC4)nc3)CC2)c2cc(Cl)ccc21. The predicted octanol–water partition coefficient (Wildman–Crippen LogP) is 1.79. The summed E-state index contributed by atoms with van der Waals surface area (Å²) in [5.41, 5.74) is 0.176. The minimum Gasteiger partial charge on any atom is -0.489 e. The third-order valence-electron chi connectivity index (χ3n) is 7.13. The third kappa shape index (κ3) is 3.67. The molecular weight excluding hydrogens is 480 g/mol. The number of fused-ring (bicyclic) bond motifs is 2. The summed E-state index contributed by atoms with van der Waals surface area (Å²) < 4.78 is 57.7. The minimum absolute atomic E-state index is 0.0335. The van der Waals surface area contributed by atoms with Gasteiger partial charge in [-0.2, -0.15) is 0 Å². The number of carbonyl (C=O) groups is 1. The molecule has 182 valence electrons. The zero-order chi connectivity index (χ0) is 26.6. The van der Waals surface area contributed by atoms with E-state index >= 15 is 0 Å². The lowest BCUT2D eigenvalue weighted by atomic mass is 9.73. The van der Waals surface area contributed by atoms with Crippen molar-refractivity contribution in [3.8, 4) is 5.75 Å². The van der Waals surface area contributed by atoms with Crippen LogP contribution in [0.1, 0.15) is 28.3 Å². The Kier molecular flexibility index (Phi) is 4.96. The molecule has 2 saturated heterocycles. The zero-order valence-electron chi connectivity index (χ0n) is 21.7. The van der Waals surface area contributed by atoms with E-state index in [0.717, 1.165) is 11.2 Å². The molecule has 2 aromatic rings. The molecule has 5 rings (SSSR count). The average Bonchev–Trinajstić information content (AvgIpc) is 3.02. The normalized spacial score (nSPS) is 23.1. The van der Waals surface area contributed by atoms with E-state index in [4.69, 9.17) is 25.2 Å². The van der Waals surface area contributed by atoms with Gasteiger partial charge in [0.2, 0.25) is 5.91 Å². The van der Waals surface area contributed by atoms with Crippen LogP contribution in [0.25, 0.3) is 0 Å². The molecule has 1 aromatic carbocycles. The molecule has 0 saturated carbocycles. The largest absolute Gasteiger partial charge is 0.489 e. The highest BCUT2D eigenvalue weighted by Crippen LogP contribution is 2.48.